The number of nitrogens with one attached hydrogen (secondary N) is 1. The average molecular weight is 283 g/mol. The molecule has 1 unspecified atom stereocenters. The van der Waals surface area contributed by atoms with Crippen LogP contribution in [0.2, 0.25) is 5.15 Å². The number of pyridine rings is 1. The summed E-state index contributed by atoms with van der Waals surface area (Å²) in [5.41, 5.74) is 0.973. The summed E-state index contributed by atoms with van der Waals surface area (Å²) in [4.78, 5) is 26.9. The number of amides is 1. The SMILES string of the molecule is C=CCC(NC(=O)c1cc(Cl)nc(CC)c1)C(=O)O. The lowest BCUT2D eigenvalue weighted by atomic mass is 10.1. The third kappa shape index (κ3) is 4.37. The first kappa shape index (κ1) is 15.2. The highest BCUT2D eigenvalue weighted by atomic mass is 35.5. The van der Waals surface area contributed by atoms with Gasteiger partial charge in [-0.25, -0.2) is 9.78 Å². The molecule has 0 bridgehead atoms. The first-order valence-corrected chi connectivity index (χ1v) is 6.16. The third-order valence-electron chi connectivity index (χ3n) is 2.48. The number of aryl methyl sites for hydroxylation is 1. The molecule has 0 aliphatic heterocycles. The van der Waals surface area contributed by atoms with Gasteiger partial charge in [-0.2, -0.15) is 0 Å². The Bertz CT molecular complexity index is 503. The fraction of sp³-hybridized carbons (Fsp3) is 0.308. The molecule has 1 aromatic rings. The Balaban J connectivity index is 2.90. The number of hydrogen-bond acceptors (Lipinski definition) is 3. The lowest BCUT2D eigenvalue weighted by Gasteiger charge is -2.13. The van der Waals surface area contributed by atoms with Gasteiger partial charge in [0.25, 0.3) is 5.91 Å². The van der Waals surface area contributed by atoms with E-state index in [1.54, 1.807) is 6.07 Å². The van der Waals surface area contributed by atoms with E-state index in [0.29, 0.717) is 17.7 Å². The van der Waals surface area contributed by atoms with Gasteiger partial charge in [0.15, 0.2) is 0 Å². The van der Waals surface area contributed by atoms with Crippen molar-refractivity contribution in [3.8, 4) is 0 Å². The van der Waals surface area contributed by atoms with E-state index in [1.165, 1.54) is 12.1 Å². The molecule has 0 aromatic carbocycles. The number of halogens is 1. The molecular weight excluding hydrogens is 268 g/mol. The molecule has 1 heterocycles. The summed E-state index contributed by atoms with van der Waals surface area (Å²) in [6.07, 6.45) is 2.23. The van der Waals surface area contributed by atoms with E-state index in [4.69, 9.17) is 16.7 Å². The van der Waals surface area contributed by atoms with Crippen LogP contribution in [0.4, 0.5) is 0 Å². The van der Waals surface area contributed by atoms with Crippen LogP contribution in [0.25, 0.3) is 0 Å². The molecule has 0 aliphatic carbocycles. The normalized spacial score (nSPS) is 11.7. The van der Waals surface area contributed by atoms with Gasteiger partial charge in [-0.15, -0.1) is 6.58 Å². The second kappa shape index (κ2) is 6.89. The molecule has 0 aliphatic rings. The van der Waals surface area contributed by atoms with Crippen molar-refractivity contribution >= 4 is 23.5 Å². The van der Waals surface area contributed by atoms with Gasteiger partial charge in [-0.1, -0.05) is 24.6 Å². The van der Waals surface area contributed by atoms with Gasteiger partial charge in [0, 0.05) is 11.3 Å². The van der Waals surface area contributed by atoms with Crippen molar-refractivity contribution in [1.82, 2.24) is 10.3 Å². The van der Waals surface area contributed by atoms with E-state index in [9.17, 15) is 9.59 Å². The van der Waals surface area contributed by atoms with E-state index in [0.717, 1.165) is 0 Å². The molecule has 0 saturated carbocycles. The second-order valence-electron chi connectivity index (χ2n) is 3.91. The highest BCUT2D eigenvalue weighted by Crippen LogP contribution is 2.12. The number of carbonyl (C=O) groups is 2. The molecule has 1 atom stereocenters. The van der Waals surface area contributed by atoms with E-state index >= 15 is 0 Å². The first-order chi connectivity index (χ1) is 8.97. The van der Waals surface area contributed by atoms with E-state index in [2.05, 4.69) is 16.9 Å². The Morgan fingerprint density at radius 3 is 2.79 bits per heavy atom. The summed E-state index contributed by atoms with van der Waals surface area (Å²) in [6.45, 7) is 5.35. The van der Waals surface area contributed by atoms with Gasteiger partial charge < -0.3 is 10.4 Å². The summed E-state index contributed by atoms with van der Waals surface area (Å²) in [7, 11) is 0. The minimum absolute atomic E-state index is 0.153. The molecule has 1 aromatic heterocycles. The van der Waals surface area contributed by atoms with Crippen molar-refractivity contribution in [2.45, 2.75) is 25.8 Å². The Morgan fingerprint density at radius 2 is 2.26 bits per heavy atom. The molecule has 6 heteroatoms. The van der Waals surface area contributed by atoms with Crippen LogP contribution in [0.5, 0.6) is 0 Å². The Labute approximate surface area is 116 Å². The predicted octanol–water partition coefficient (Wildman–Crippen LogP) is 2.06. The number of nitrogens with zero attached hydrogens (tertiary/aromatic N) is 1. The van der Waals surface area contributed by atoms with Crippen molar-refractivity contribution in [3.63, 3.8) is 0 Å². The zero-order valence-electron chi connectivity index (χ0n) is 10.5. The highest BCUT2D eigenvalue weighted by molar-refractivity contribution is 6.29. The summed E-state index contributed by atoms with van der Waals surface area (Å²) >= 11 is 5.81. The van der Waals surface area contributed by atoms with Gasteiger partial charge in [-0.05, 0) is 25.0 Å². The van der Waals surface area contributed by atoms with Crippen LogP contribution in [0.3, 0.4) is 0 Å². The van der Waals surface area contributed by atoms with Gasteiger partial charge in [0.05, 0.1) is 0 Å². The van der Waals surface area contributed by atoms with Gasteiger partial charge in [0.1, 0.15) is 11.2 Å². The fourth-order valence-electron chi connectivity index (χ4n) is 1.49. The van der Waals surface area contributed by atoms with Crippen molar-refractivity contribution in [2.75, 3.05) is 0 Å². The van der Waals surface area contributed by atoms with Gasteiger partial charge >= 0.3 is 5.97 Å². The van der Waals surface area contributed by atoms with Crippen LogP contribution in [-0.4, -0.2) is 28.0 Å². The van der Waals surface area contributed by atoms with Crippen LogP contribution in [-0.2, 0) is 11.2 Å². The van der Waals surface area contributed by atoms with Gasteiger partial charge in [-0.3, -0.25) is 4.79 Å². The number of carbonyl (C=O) groups excluding carboxylic acids is 1. The van der Waals surface area contributed by atoms with Crippen molar-refractivity contribution in [3.05, 3.63) is 41.2 Å². The zero-order chi connectivity index (χ0) is 14.4. The lowest BCUT2D eigenvalue weighted by molar-refractivity contribution is -0.139. The number of carboxylic acids is 1. The highest BCUT2D eigenvalue weighted by Gasteiger charge is 2.19. The molecule has 0 fully saturated rings. The molecule has 1 rings (SSSR count). The number of carboxylic acid groups (broad SMARTS) is 1. The van der Waals surface area contributed by atoms with Crippen LogP contribution < -0.4 is 5.32 Å². The topological polar surface area (TPSA) is 79.3 Å². The molecular formula is C13H15ClN2O3. The van der Waals surface area contributed by atoms with Crippen LogP contribution >= 0.6 is 11.6 Å². The Hall–Kier alpha value is -1.88. The summed E-state index contributed by atoms with van der Waals surface area (Å²) in [6, 6.07) is 2.00. The molecule has 2 N–H and O–H groups in total. The number of hydrogen-bond donors (Lipinski definition) is 2. The molecule has 0 saturated heterocycles. The molecule has 0 radical (unpaired) electrons. The van der Waals surface area contributed by atoms with Crippen LogP contribution in [0.15, 0.2) is 24.8 Å². The van der Waals surface area contributed by atoms with Crippen molar-refractivity contribution in [1.29, 1.82) is 0 Å². The molecule has 1 amide bonds. The molecule has 5 nitrogen and oxygen atoms in total. The number of rotatable bonds is 6. The molecule has 102 valence electrons. The summed E-state index contributed by atoms with van der Waals surface area (Å²) in [5.74, 6) is -1.60. The summed E-state index contributed by atoms with van der Waals surface area (Å²) in [5, 5.41) is 11.6. The zero-order valence-corrected chi connectivity index (χ0v) is 11.3. The van der Waals surface area contributed by atoms with Gasteiger partial charge in [0.2, 0.25) is 0 Å². The Kier molecular flexibility index (Phi) is 5.51. The molecule has 19 heavy (non-hydrogen) atoms. The standard InChI is InChI=1S/C13H15ClN2O3/c1-3-5-10(13(18)19)16-12(17)8-6-9(4-2)15-11(14)7-8/h3,6-7,10H,1,4-5H2,2H3,(H,16,17)(H,18,19). The monoisotopic (exact) mass is 282 g/mol. The second-order valence-corrected chi connectivity index (χ2v) is 4.30. The molecule has 0 spiro atoms. The lowest BCUT2D eigenvalue weighted by Crippen LogP contribution is -2.40. The maximum atomic E-state index is 12.0. The maximum absolute atomic E-state index is 12.0. The largest absolute Gasteiger partial charge is 0.480 e. The van der Waals surface area contributed by atoms with Crippen LogP contribution in [0, 0.1) is 0 Å². The average Bonchev–Trinajstić information content (AvgIpc) is 2.37. The third-order valence-corrected chi connectivity index (χ3v) is 2.67. The van der Waals surface area contributed by atoms with Crippen molar-refractivity contribution in [2.24, 2.45) is 0 Å². The predicted molar refractivity (Wildman–Crippen MR) is 72.3 cm³/mol. The van der Waals surface area contributed by atoms with Crippen molar-refractivity contribution < 1.29 is 14.7 Å². The van der Waals surface area contributed by atoms with Crippen LogP contribution in [0.1, 0.15) is 29.4 Å². The van der Waals surface area contributed by atoms with E-state index in [1.807, 2.05) is 6.92 Å². The smallest absolute Gasteiger partial charge is 0.326 e. The minimum atomic E-state index is -1.11. The fourth-order valence-corrected chi connectivity index (χ4v) is 1.72. The summed E-state index contributed by atoms with van der Waals surface area (Å²) < 4.78 is 0. The Morgan fingerprint density at radius 1 is 1.58 bits per heavy atom. The number of aromatic nitrogens is 1. The first-order valence-electron chi connectivity index (χ1n) is 5.79. The van der Waals surface area contributed by atoms with E-state index in [-0.39, 0.29) is 11.6 Å². The number of aliphatic carboxylic acids is 1. The maximum Gasteiger partial charge on any atom is 0.326 e. The quantitative estimate of drug-likeness (QED) is 0.618. The van der Waals surface area contributed by atoms with E-state index < -0.39 is 17.9 Å². The minimum Gasteiger partial charge on any atom is -0.480 e.